The second-order valence-corrected chi connectivity index (χ2v) is 4.62. The van der Waals surface area contributed by atoms with Crippen LogP contribution in [0.1, 0.15) is 5.56 Å². The average molecular weight is 314 g/mol. The van der Waals surface area contributed by atoms with E-state index in [2.05, 4.69) is 15.9 Å². The minimum atomic E-state index is -0.934. The number of nitrogens with two attached hydrogens (primary N) is 1. The molecule has 0 saturated heterocycles. The molecule has 2 aromatic rings. The topological polar surface area (TPSA) is 35.2 Å². The van der Waals surface area contributed by atoms with Crippen LogP contribution in [0.25, 0.3) is 0 Å². The quantitative estimate of drug-likeness (QED) is 0.873. The number of rotatable bonds is 3. The van der Waals surface area contributed by atoms with E-state index in [1.54, 1.807) is 12.1 Å². The monoisotopic (exact) mass is 313 g/mol. The van der Waals surface area contributed by atoms with Crippen molar-refractivity contribution in [3.05, 3.63) is 58.1 Å². The Morgan fingerprint density at radius 3 is 2.50 bits per heavy atom. The van der Waals surface area contributed by atoms with Crippen LogP contribution in [0.15, 0.2) is 40.9 Å². The molecule has 0 saturated carbocycles. The second kappa shape index (κ2) is 5.35. The molecule has 0 fully saturated rings. The van der Waals surface area contributed by atoms with Crippen molar-refractivity contribution in [2.24, 2.45) is 0 Å². The summed E-state index contributed by atoms with van der Waals surface area (Å²) in [5, 5.41) is 0. The van der Waals surface area contributed by atoms with Gasteiger partial charge in [0.15, 0.2) is 11.6 Å². The minimum absolute atomic E-state index is 0.199. The fourth-order valence-corrected chi connectivity index (χ4v) is 1.80. The van der Waals surface area contributed by atoms with E-state index in [1.165, 1.54) is 6.07 Å². The summed E-state index contributed by atoms with van der Waals surface area (Å²) < 4.78 is 31.9. The van der Waals surface area contributed by atoms with E-state index in [-0.39, 0.29) is 12.4 Å². The maximum absolute atomic E-state index is 13.0. The van der Waals surface area contributed by atoms with Crippen LogP contribution in [-0.2, 0) is 6.61 Å². The highest BCUT2D eigenvalue weighted by molar-refractivity contribution is 9.10. The predicted octanol–water partition coefficient (Wildman–Crippen LogP) is 3.89. The fourth-order valence-electron chi connectivity index (χ4n) is 1.42. The number of benzene rings is 2. The van der Waals surface area contributed by atoms with Crippen LogP contribution in [0, 0.1) is 11.6 Å². The molecule has 0 radical (unpaired) electrons. The number of ether oxygens (including phenoxy) is 1. The Morgan fingerprint density at radius 2 is 1.83 bits per heavy atom. The van der Waals surface area contributed by atoms with E-state index in [9.17, 15) is 8.78 Å². The van der Waals surface area contributed by atoms with E-state index < -0.39 is 11.6 Å². The average Bonchev–Trinajstić information content (AvgIpc) is 2.32. The SMILES string of the molecule is Nc1cc(Br)ccc1COc1ccc(F)c(F)c1. The van der Waals surface area contributed by atoms with Crippen molar-refractivity contribution in [1.82, 2.24) is 0 Å². The van der Waals surface area contributed by atoms with Crippen LogP contribution in [0.5, 0.6) is 5.75 Å². The third-order valence-electron chi connectivity index (χ3n) is 2.39. The zero-order valence-corrected chi connectivity index (χ0v) is 10.9. The van der Waals surface area contributed by atoms with Crippen LogP contribution in [0.4, 0.5) is 14.5 Å². The first-order valence-electron chi connectivity index (χ1n) is 5.18. The van der Waals surface area contributed by atoms with Gasteiger partial charge in [0.1, 0.15) is 12.4 Å². The van der Waals surface area contributed by atoms with Crippen molar-refractivity contribution >= 4 is 21.6 Å². The first-order chi connectivity index (χ1) is 8.56. The van der Waals surface area contributed by atoms with Crippen LogP contribution in [0.2, 0.25) is 0 Å². The van der Waals surface area contributed by atoms with Gasteiger partial charge in [0.2, 0.25) is 0 Å². The summed E-state index contributed by atoms with van der Waals surface area (Å²) in [5.74, 6) is -1.57. The van der Waals surface area contributed by atoms with Gasteiger partial charge in [0, 0.05) is 21.8 Å². The largest absolute Gasteiger partial charge is 0.489 e. The number of anilines is 1. The molecular formula is C13H10BrF2NO. The van der Waals surface area contributed by atoms with Gasteiger partial charge in [-0.3, -0.25) is 0 Å². The van der Waals surface area contributed by atoms with Crippen molar-refractivity contribution in [1.29, 1.82) is 0 Å². The van der Waals surface area contributed by atoms with Gasteiger partial charge in [0.05, 0.1) is 0 Å². The summed E-state index contributed by atoms with van der Waals surface area (Å²) in [6.07, 6.45) is 0. The molecule has 0 unspecified atom stereocenters. The van der Waals surface area contributed by atoms with E-state index >= 15 is 0 Å². The van der Waals surface area contributed by atoms with Gasteiger partial charge in [0.25, 0.3) is 0 Å². The Balaban J connectivity index is 2.09. The Kier molecular flexibility index (Phi) is 3.81. The number of hydrogen-bond acceptors (Lipinski definition) is 2. The lowest BCUT2D eigenvalue weighted by molar-refractivity contribution is 0.304. The lowest BCUT2D eigenvalue weighted by atomic mass is 10.2. The Labute approximate surface area is 112 Å². The summed E-state index contributed by atoms with van der Waals surface area (Å²) in [5.41, 5.74) is 7.15. The van der Waals surface area contributed by atoms with E-state index in [0.29, 0.717) is 5.69 Å². The highest BCUT2D eigenvalue weighted by Gasteiger charge is 2.05. The number of hydrogen-bond donors (Lipinski definition) is 1. The molecule has 0 spiro atoms. The zero-order chi connectivity index (χ0) is 13.1. The van der Waals surface area contributed by atoms with Crippen LogP contribution >= 0.6 is 15.9 Å². The highest BCUT2D eigenvalue weighted by atomic mass is 79.9. The maximum Gasteiger partial charge on any atom is 0.162 e. The van der Waals surface area contributed by atoms with Crippen LogP contribution in [-0.4, -0.2) is 0 Å². The van der Waals surface area contributed by atoms with Gasteiger partial charge in [-0.15, -0.1) is 0 Å². The van der Waals surface area contributed by atoms with Gasteiger partial charge >= 0.3 is 0 Å². The molecule has 0 atom stereocenters. The highest BCUT2D eigenvalue weighted by Crippen LogP contribution is 2.21. The van der Waals surface area contributed by atoms with Gasteiger partial charge in [-0.2, -0.15) is 0 Å². The Bertz CT molecular complexity index is 575. The van der Waals surface area contributed by atoms with Gasteiger partial charge in [-0.25, -0.2) is 8.78 Å². The van der Waals surface area contributed by atoms with Crippen molar-refractivity contribution in [2.45, 2.75) is 6.61 Å². The molecule has 0 aromatic heterocycles. The lowest BCUT2D eigenvalue weighted by Crippen LogP contribution is -2.00. The Hall–Kier alpha value is -1.62. The van der Waals surface area contributed by atoms with Gasteiger partial charge in [-0.05, 0) is 24.3 Å². The normalized spacial score (nSPS) is 10.4. The fraction of sp³-hybridized carbons (Fsp3) is 0.0769. The Morgan fingerprint density at radius 1 is 1.06 bits per heavy atom. The van der Waals surface area contributed by atoms with Crippen molar-refractivity contribution in [3.63, 3.8) is 0 Å². The van der Waals surface area contributed by atoms with Crippen molar-refractivity contribution < 1.29 is 13.5 Å². The van der Waals surface area contributed by atoms with Gasteiger partial charge < -0.3 is 10.5 Å². The van der Waals surface area contributed by atoms with E-state index in [0.717, 1.165) is 22.2 Å². The maximum atomic E-state index is 13.0. The first-order valence-corrected chi connectivity index (χ1v) is 5.97. The molecule has 0 bridgehead atoms. The molecule has 2 rings (SSSR count). The summed E-state index contributed by atoms with van der Waals surface area (Å²) >= 11 is 3.30. The lowest BCUT2D eigenvalue weighted by Gasteiger charge is -2.09. The molecule has 0 amide bonds. The third-order valence-corrected chi connectivity index (χ3v) is 2.89. The molecule has 94 valence electrons. The summed E-state index contributed by atoms with van der Waals surface area (Å²) in [4.78, 5) is 0. The third kappa shape index (κ3) is 2.98. The van der Waals surface area contributed by atoms with E-state index in [1.807, 2.05) is 6.07 Å². The molecule has 0 aliphatic carbocycles. The number of nitrogen functional groups attached to an aromatic ring is 1. The number of halogens is 3. The summed E-state index contributed by atoms with van der Waals surface area (Å²) in [7, 11) is 0. The van der Waals surface area contributed by atoms with Crippen molar-refractivity contribution in [3.8, 4) is 5.75 Å². The second-order valence-electron chi connectivity index (χ2n) is 3.71. The molecule has 0 aliphatic rings. The molecule has 2 nitrogen and oxygen atoms in total. The van der Waals surface area contributed by atoms with E-state index in [4.69, 9.17) is 10.5 Å². The van der Waals surface area contributed by atoms with Gasteiger partial charge in [-0.1, -0.05) is 22.0 Å². The molecule has 0 heterocycles. The minimum Gasteiger partial charge on any atom is -0.489 e. The molecule has 5 heteroatoms. The smallest absolute Gasteiger partial charge is 0.162 e. The standard InChI is InChI=1S/C13H10BrF2NO/c14-9-2-1-8(13(17)5-9)7-18-10-3-4-11(15)12(16)6-10/h1-6H,7,17H2. The predicted molar refractivity (Wildman–Crippen MR) is 69.2 cm³/mol. The molecular weight excluding hydrogens is 304 g/mol. The zero-order valence-electron chi connectivity index (χ0n) is 9.29. The summed E-state index contributed by atoms with van der Waals surface area (Å²) in [6, 6.07) is 8.79. The molecule has 0 aliphatic heterocycles. The first kappa shape index (κ1) is 12.8. The molecule has 18 heavy (non-hydrogen) atoms. The summed E-state index contributed by atoms with van der Waals surface area (Å²) in [6.45, 7) is 0.199. The van der Waals surface area contributed by atoms with Crippen LogP contribution in [0.3, 0.4) is 0 Å². The molecule has 2 N–H and O–H groups in total. The van der Waals surface area contributed by atoms with Crippen LogP contribution < -0.4 is 10.5 Å². The molecule has 2 aromatic carbocycles. The van der Waals surface area contributed by atoms with Crippen molar-refractivity contribution in [2.75, 3.05) is 5.73 Å².